The van der Waals surface area contributed by atoms with Crippen LogP contribution in [0.5, 0.6) is 11.5 Å². The van der Waals surface area contributed by atoms with Gasteiger partial charge >= 0.3 is 25.3 Å². The lowest BCUT2D eigenvalue weighted by atomic mass is 9.77. The van der Waals surface area contributed by atoms with Crippen LogP contribution in [0.1, 0.15) is 16.7 Å². The maximum Gasteiger partial charge on any atom is 0.461 e. The van der Waals surface area contributed by atoms with Gasteiger partial charge in [0.2, 0.25) is 0 Å². The van der Waals surface area contributed by atoms with Crippen LogP contribution in [0.3, 0.4) is 0 Å². The first-order valence-electron chi connectivity index (χ1n) is 11.4. The van der Waals surface area contributed by atoms with Gasteiger partial charge in [0.1, 0.15) is 17.3 Å². The Hall–Kier alpha value is -3.52. The minimum Gasteiger partial charge on any atom is -0.435 e. The first-order valence-corrected chi connectivity index (χ1v) is 11.4. The molecule has 218 valence electrons. The standard InChI is InChI=1S/C26H21F10NO3/c27-18-10-17(11-20(12-18)40-26(35,36)22(28)29)24(13-15-4-2-1-3-5-15,37-14-21(38)25(32,33)34)16-6-8-19(9-7-16)39-23(30)31/h1-12,21-23,37-38H,13-14H2/t21-,24+/m0/s1. The van der Waals surface area contributed by atoms with E-state index in [1.807, 2.05) is 0 Å². The molecule has 0 radical (unpaired) electrons. The largest absolute Gasteiger partial charge is 0.461 e. The van der Waals surface area contributed by atoms with Gasteiger partial charge in [-0.15, -0.1) is 0 Å². The van der Waals surface area contributed by atoms with Gasteiger partial charge in [0.15, 0.2) is 6.10 Å². The van der Waals surface area contributed by atoms with Crippen molar-refractivity contribution in [3.05, 3.63) is 95.3 Å². The van der Waals surface area contributed by atoms with Gasteiger partial charge in [-0.05, 0) is 47.4 Å². The van der Waals surface area contributed by atoms with Crippen molar-refractivity contribution in [1.82, 2.24) is 5.32 Å². The molecular weight excluding hydrogens is 564 g/mol. The van der Waals surface area contributed by atoms with Crippen molar-refractivity contribution in [2.75, 3.05) is 6.54 Å². The van der Waals surface area contributed by atoms with E-state index in [0.29, 0.717) is 11.6 Å². The van der Waals surface area contributed by atoms with Crippen LogP contribution in [-0.2, 0) is 12.0 Å². The molecule has 3 aromatic rings. The summed E-state index contributed by atoms with van der Waals surface area (Å²) in [4.78, 5) is 0. The molecule has 0 fully saturated rings. The van der Waals surface area contributed by atoms with E-state index in [1.54, 1.807) is 18.2 Å². The van der Waals surface area contributed by atoms with Crippen LogP contribution in [0.2, 0.25) is 0 Å². The van der Waals surface area contributed by atoms with Crippen molar-refractivity contribution in [2.45, 2.75) is 43.4 Å². The van der Waals surface area contributed by atoms with Crippen LogP contribution >= 0.6 is 0 Å². The van der Waals surface area contributed by atoms with Crippen molar-refractivity contribution in [3.63, 3.8) is 0 Å². The molecule has 0 bridgehead atoms. The van der Waals surface area contributed by atoms with Crippen LogP contribution in [0.25, 0.3) is 0 Å². The fraction of sp³-hybridized carbons (Fsp3) is 0.308. The Kier molecular flexibility index (Phi) is 9.56. The lowest BCUT2D eigenvalue weighted by molar-refractivity contribution is -0.253. The summed E-state index contributed by atoms with van der Waals surface area (Å²) in [6.45, 7) is -4.41. The van der Waals surface area contributed by atoms with E-state index in [4.69, 9.17) is 0 Å². The van der Waals surface area contributed by atoms with Crippen LogP contribution in [-0.4, -0.2) is 43.1 Å². The first kappa shape index (κ1) is 31.0. The summed E-state index contributed by atoms with van der Waals surface area (Å²) in [6, 6.07) is 14.0. The average molecular weight is 585 g/mol. The van der Waals surface area contributed by atoms with Crippen LogP contribution < -0.4 is 14.8 Å². The van der Waals surface area contributed by atoms with Crippen LogP contribution in [0.15, 0.2) is 72.8 Å². The third-order valence-electron chi connectivity index (χ3n) is 5.73. The van der Waals surface area contributed by atoms with E-state index < -0.39 is 55.1 Å². The van der Waals surface area contributed by atoms with Gasteiger partial charge in [-0.2, -0.15) is 39.5 Å². The number of hydrogen-bond donors (Lipinski definition) is 2. The van der Waals surface area contributed by atoms with E-state index >= 15 is 0 Å². The predicted octanol–water partition coefficient (Wildman–Crippen LogP) is 6.66. The summed E-state index contributed by atoms with van der Waals surface area (Å²) in [7, 11) is 0. The van der Waals surface area contributed by atoms with Gasteiger partial charge < -0.3 is 19.9 Å². The number of rotatable bonds is 12. The van der Waals surface area contributed by atoms with E-state index in [2.05, 4.69) is 14.8 Å². The Balaban J connectivity index is 2.23. The highest BCUT2D eigenvalue weighted by Gasteiger charge is 2.45. The number of benzene rings is 3. The SMILES string of the molecule is O[C@@H](CN[C@](Cc1ccccc1)(c1ccc(OC(F)F)cc1)c1cc(F)cc(OC(F)(F)C(F)F)c1)C(F)(F)F. The Morgan fingerprint density at radius 3 is 1.95 bits per heavy atom. The number of halogens is 10. The first-order chi connectivity index (χ1) is 18.6. The highest BCUT2D eigenvalue weighted by atomic mass is 19.4. The molecule has 3 rings (SSSR count). The number of nitrogens with one attached hydrogen (secondary N) is 1. The van der Waals surface area contributed by atoms with Crippen molar-refractivity contribution in [1.29, 1.82) is 0 Å². The zero-order valence-corrected chi connectivity index (χ0v) is 20.1. The smallest absolute Gasteiger partial charge is 0.435 e. The molecule has 40 heavy (non-hydrogen) atoms. The van der Waals surface area contributed by atoms with Crippen LogP contribution in [0, 0.1) is 5.82 Å². The molecular formula is C26H21F10NO3. The molecule has 14 heteroatoms. The zero-order chi connectivity index (χ0) is 29.7. The summed E-state index contributed by atoms with van der Waals surface area (Å²) >= 11 is 0. The molecule has 0 amide bonds. The normalized spacial score (nSPS) is 14.7. The minimum absolute atomic E-state index is 0.00971. The molecule has 0 spiro atoms. The van der Waals surface area contributed by atoms with Gasteiger partial charge in [-0.1, -0.05) is 42.5 Å². The summed E-state index contributed by atoms with van der Waals surface area (Å²) < 4.78 is 141. The Bertz CT molecular complexity index is 1240. The fourth-order valence-corrected chi connectivity index (χ4v) is 3.92. The number of hydrogen-bond acceptors (Lipinski definition) is 4. The third kappa shape index (κ3) is 7.78. The number of ether oxygens (including phenoxy) is 2. The van der Waals surface area contributed by atoms with Crippen molar-refractivity contribution in [2.24, 2.45) is 0 Å². The quantitative estimate of drug-likeness (QED) is 0.234. The van der Waals surface area contributed by atoms with Gasteiger partial charge in [0, 0.05) is 12.6 Å². The predicted molar refractivity (Wildman–Crippen MR) is 122 cm³/mol. The molecule has 2 N–H and O–H groups in total. The Labute approximate surface area is 221 Å². The van der Waals surface area contributed by atoms with Crippen molar-refractivity contribution < 1.29 is 58.5 Å². The monoisotopic (exact) mass is 585 g/mol. The molecule has 0 aromatic heterocycles. The number of alkyl halides is 9. The second-order valence-corrected chi connectivity index (χ2v) is 8.55. The molecule has 0 aliphatic rings. The zero-order valence-electron chi connectivity index (χ0n) is 20.1. The highest BCUT2D eigenvalue weighted by Crippen LogP contribution is 2.38. The van der Waals surface area contributed by atoms with Crippen molar-refractivity contribution >= 4 is 0 Å². The lowest BCUT2D eigenvalue weighted by Crippen LogP contribution is -2.51. The Morgan fingerprint density at radius 2 is 1.40 bits per heavy atom. The molecule has 0 saturated heterocycles. The van der Waals surface area contributed by atoms with E-state index in [9.17, 15) is 49.0 Å². The molecule has 3 aromatic carbocycles. The van der Waals surface area contributed by atoms with Crippen LogP contribution in [0.4, 0.5) is 43.9 Å². The molecule has 2 atom stereocenters. The summed E-state index contributed by atoms with van der Waals surface area (Å²) in [5, 5.41) is 12.2. The van der Waals surface area contributed by atoms with E-state index in [1.165, 1.54) is 12.1 Å². The summed E-state index contributed by atoms with van der Waals surface area (Å²) in [5.74, 6) is -2.69. The maximum absolute atomic E-state index is 14.7. The van der Waals surface area contributed by atoms with Gasteiger partial charge in [0.25, 0.3) is 0 Å². The van der Waals surface area contributed by atoms with Crippen molar-refractivity contribution in [3.8, 4) is 11.5 Å². The summed E-state index contributed by atoms with van der Waals surface area (Å²) in [5.41, 5.74) is -1.95. The second-order valence-electron chi connectivity index (χ2n) is 8.55. The average Bonchev–Trinajstić information content (AvgIpc) is 2.86. The summed E-state index contributed by atoms with van der Waals surface area (Å²) in [6.07, 6.45) is -17.7. The van der Waals surface area contributed by atoms with E-state index in [0.717, 1.165) is 36.4 Å². The van der Waals surface area contributed by atoms with Gasteiger partial charge in [0.05, 0.1) is 5.54 Å². The number of aliphatic hydroxyl groups excluding tert-OH is 1. The molecule has 0 heterocycles. The molecule has 4 nitrogen and oxygen atoms in total. The molecule has 0 aliphatic heterocycles. The van der Waals surface area contributed by atoms with Gasteiger partial charge in [-0.25, -0.2) is 4.39 Å². The Morgan fingerprint density at radius 1 is 0.775 bits per heavy atom. The fourth-order valence-electron chi connectivity index (χ4n) is 3.92. The minimum atomic E-state index is -5.10. The lowest BCUT2D eigenvalue weighted by Gasteiger charge is -2.38. The van der Waals surface area contributed by atoms with Gasteiger partial charge in [-0.3, -0.25) is 0 Å². The number of aliphatic hydroxyl groups is 1. The maximum atomic E-state index is 14.7. The topological polar surface area (TPSA) is 50.7 Å². The molecule has 0 aliphatic carbocycles. The third-order valence-corrected chi connectivity index (χ3v) is 5.73. The molecule has 0 saturated carbocycles. The second kappa shape index (κ2) is 12.3. The highest BCUT2D eigenvalue weighted by molar-refractivity contribution is 5.46. The molecule has 0 unspecified atom stereocenters. The van der Waals surface area contributed by atoms with E-state index in [-0.39, 0.29) is 23.3 Å².